The van der Waals surface area contributed by atoms with Gasteiger partial charge in [0.25, 0.3) is 5.91 Å². The highest BCUT2D eigenvalue weighted by Gasteiger charge is 2.20. The standard InChI is InChI=1S/C11H12Cl2N2O/c12-9-7-14-10(13)6-8(9)11(16)15-4-2-1-3-5-15/h6-7H,1-5H2. The van der Waals surface area contributed by atoms with Crippen molar-refractivity contribution in [3.63, 3.8) is 0 Å². The van der Waals surface area contributed by atoms with Crippen LogP contribution in [0.1, 0.15) is 29.6 Å². The smallest absolute Gasteiger partial charge is 0.255 e. The molecule has 1 amide bonds. The maximum atomic E-state index is 12.1. The number of rotatable bonds is 1. The highest BCUT2D eigenvalue weighted by molar-refractivity contribution is 6.35. The number of amides is 1. The number of aromatic nitrogens is 1. The van der Waals surface area contributed by atoms with Crippen molar-refractivity contribution in [2.24, 2.45) is 0 Å². The predicted octanol–water partition coefficient (Wildman–Crippen LogP) is 3.01. The molecule has 86 valence electrons. The summed E-state index contributed by atoms with van der Waals surface area (Å²) in [5, 5.41) is 0.657. The average molecular weight is 259 g/mol. The molecule has 16 heavy (non-hydrogen) atoms. The zero-order valence-corrected chi connectivity index (χ0v) is 10.3. The number of halogens is 2. The van der Waals surface area contributed by atoms with E-state index in [9.17, 15) is 4.79 Å². The molecule has 0 N–H and O–H groups in total. The van der Waals surface area contributed by atoms with E-state index in [1.54, 1.807) is 0 Å². The summed E-state index contributed by atoms with van der Waals surface area (Å²) in [6.45, 7) is 1.60. The third-order valence-corrected chi connectivity index (χ3v) is 3.20. The molecular formula is C11H12Cl2N2O. The van der Waals surface area contributed by atoms with Crippen molar-refractivity contribution in [1.29, 1.82) is 0 Å². The van der Waals surface area contributed by atoms with Crippen LogP contribution in [0.5, 0.6) is 0 Å². The molecule has 0 radical (unpaired) electrons. The van der Waals surface area contributed by atoms with Crippen molar-refractivity contribution in [2.75, 3.05) is 13.1 Å². The van der Waals surface area contributed by atoms with Crippen LogP contribution < -0.4 is 0 Å². The molecule has 0 saturated carbocycles. The van der Waals surface area contributed by atoms with Gasteiger partial charge in [0.15, 0.2) is 0 Å². The minimum atomic E-state index is -0.0472. The lowest BCUT2D eigenvalue weighted by Crippen LogP contribution is -2.35. The maximum absolute atomic E-state index is 12.1. The van der Waals surface area contributed by atoms with Crippen LogP contribution in [0, 0.1) is 0 Å². The van der Waals surface area contributed by atoms with Crippen LogP contribution in [0.25, 0.3) is 0 Å². The van der Waals surface area contributed by atoms with Gasteiger partial charge in [-0.25, -0.2) is 4.98 Å². The number of nitrogens with zero attached hydrogens (tertiary/aromatic N) is 2. The van der Waals surface area contributed by atoms with E-state index in [0.29, 0.717) is 15.7 Å². The molecular weight excluding hydrogens is 247 g/mol. The van der Waals surface area contributed by atoms with Gasteiger partial charge >= 0.3 is 0 Å². The van der Waals surface area contributed by atoms with Gasteiger partial charge in [-0.2, -0.15) is 0 Å². The Balaban J connectivity index is 2.22. The van der Waals surface area contributed by atoms with Crippen molar-refractivity contribution >= 4 is 29.1 Å². The quantitative estimate of drug-likeness (QED) is 0.726. The van der Waals surface area contributed by atoms with Gasteiger partial charge in [-0.15, -0.1) is 0 Å². The van der Waals surface area contributed by atoms with Gasteiger partial charge in [-0.1, -0.05) is 23.2 Å². The van der Waals surface area contributed by atoms with E-state index in [1.165, 1.54) is 18.7 Å². The fourth-order valence-electron chi connectivity index (χ4n) is 1.84. The van der Waals surface area contributed by atoms with Gasteiger partial charge in [-0.05, 0) is 25.3 Å². The van der Waals surface area contributed by atoms with E-state index >= 15 is 0 Å². The monoisotopic (exact) mass is 258 g/mol. The molecule has 1 aliphatic rings. The summed E-state index contributed by atoms with van der Waals surface area (Å²) in [5.41, 5.74) is 0.448. The summed E-state index contributed by atoms with van der Waals surface area (Å²) in [4.78, 5) is 17.8. The summed E-state index contributed by atoms with van der Waals surface area (Å²) >= 11 is 11.7. The van der Waals surface area contributed by atoms with E-state index < -0.39 is 0 Å². The van der Waals surface area contributed by atoms with Crippen molar-refractivity contribution in [1.82, 2.24) is 9.88 Å². The highest BCUT2D eigenvalue weighted by atomic mass is 35.5. The molecule has 0 aliphatic carbocycles. The fraction of sp³-hybridized carbons (Fsp3) is 0.455. The minimum Gasteiger partial charge on any atom is -0.339 e. The molecule has 5 heteroatoms. The normalized spacial score (nSPS) is 16.2. The molecule has 0 unspecified atom stereocenters. The Morgan fingerprint density at radius 2 is 1.94 bits per heavy atom. The first-order chi connectivity index (χ1) is 7.68. The molecule has 2 rings (SSSR count). The Labute approximate surface area is 104 Å². The van der Waals surface area contributed by atoms with Crippen molar-refractivity contribution in [3.8, 4) is 0 Å². The van der Waals surface area contributed by atoms with Crippen LogP contribution in [0.3, 0.4) is 0 Å². The maximum Gasteiger partial charge on any atom is 0.255 e. The Morgan fingerprint density at radius 3 is 2.62 bits per heavy atom. The number of hydrogen-bond acceptors (Lipinski definition) is 2. The summed E-state index contributed by atoms with van der Waals surface area (Å²) in [7, 11) is 0. The molecule has 1 aliphatic heterocycles. The minimum absolute atomic E-state index is 0.0472. The van der Waals surface area contributed by atoms with Crippen LogP contribution in [-0.4, -0.2) is 28.9 Å². The highest BCUT2D eigenvalue weighted by Crippen LogP contribution is 2.21. The van der Waals surface area contributed by atoms with Gasteiger partial charge in [0.2, 0.25) is 0 Å². The Hall–Kier alpha value is -0.800. The summed E-state index contributed by atoms with van der Waals surface area (Å²) < 4.78 is 0. The molecule has 1 aromatic rings. The van der Waals surface area contributed by atoms with Crippen LogP contribution in [0.4, 0.5) is 0 Å². The molecule has 1 aromatic heterocycles. The first kappa shape index (κ1) is 11.7. The lowest BCUT2D eigenvalue weighted by atomic mass is 10.1. The van der Waals surface area contributed by atoms with Crippen molar-refractivity contribution in [2.45, 2.75) is 19.3 Å². The third-order valence-electron chi connectivity index (χ3n) is 2.70. The molecule has 1 fully saturated rings. The largest absolute Gasteiger partial charge is 0.339 e. The van der Waals surface area contributed by atoms with Gasteiger partial charge in [-0.3, -0.25) is 4.79 Å². The van der Waals surface area contributed by atoms with Gasteiger partial charge in [0, 0.05) is 19.3 Å². The zero-order chi connectivity index (χ0) is 11.5. The van der Waals surface area contributed by atoms with Crippen molar-refractivity contribution in [3.05, 3.63) is 28.0 Å². The molecule has 1 saturated heterocycles. The lowest BCUT2D eigenvalue weighted by Gasteiger charge is -2.27. The first-order valence-corrected chi connectivity index (χ1v) is 6.04. The number of pyridine rings is 1. The molecule has 0 spiro atoms. The van der Waals surface area contributed by atoms with Gasteiger partial charge < -0.3 is 4.90 Å². The average Bonchev–Trinajstić information content (AvgIpc) is 2.32. The molecule has 0 aromatic carbocycles. The van der Waals surface area contributed by atoms with E-state index in [-0.39, 0.29) is 5.91 Å². The van der Waals surface area contributed by atoms with Crippen molar-refractivity contribution < 1.29 is 4.79 Å². The van der Waals surface area contributed by atoms with E-state index in [2.05, 4.69) is 4.98 Å². The third kappa shape index (κ3) is 2.47. The number of piperidine rings is 1. The second-order valence-electron chi connectivity index (χ2n) is 3.84. The molecule has 2 heterocycles. The first-order valence-electron chi connectivity index (χ1n) is 5.29. The molecule has 0 bridgehead atoms. The summed E-state index contributed by atoms with van der Waals surface area (Å²) in [5.74, 6) is -0.0472. The van der Waals surface area contributed by atoms with E-state index in [1.807, 2.05) is 4.90 Å². The Bertz CT molecular complexity index is 403. The summed E-state index contributed by atoms with van der Waals surface area (Å²) in [6, 6.07) is 1.53. The Morgan fingerprint density at radius 1 is 1.25 bits per heavy atom. The number of carbonyl (C=O) groups is 1. The van der Waals surface area contributed by atoms with Crippen LogP contribution in [0.2, 0.25) is 10.2 Å². The van der Waals surface area contributed by atoms with E-state index in [4.69, 9.17) is 23.2 Å². The second kappa shape index (κ2) is 5.02. The number of likely N-dealkylation sites (tertiary alicyclic amines) is 1. The molecule has 0 atom stereocenters. The van der Waals surface area contributed by atoms with Crippen LogP contribution in [-0.2, 0) is 0 Å². The topological polar surface area (TPSA) is 33.2 Å². The fourth-order valence-corrected chi connectivity index (χ4v) is 2.19. The predicted molar refractivity (Wildman–Crippen MR) is 64.0 cm³/mol. The number of hydrogen-bond donors (Lipinski definition) is 0. The number of carbonyl (C=O) groups excluding carboxylic acids is 1. The zero-order valence-electron chi connectivity index (χ0n) is 8.75. The second-order valence-corrected chi connectivity index (χ2v) is 4.63. The van der Waals surface area contributed by atoms with Gasteiger partial charge in [0.05, 0.1) is 10.6 Å². The molecule has 3 nitrogen and oxygen atoms in total. The van der Waals surface area contributed by atoms with E-state index in [0.717, 1.165) is 25.9 Å². The SMILES string of the molecule is O=C(c1cc(Cl)ncc1Cl)N1CCCCC1. The summed E-state index contributed by atoms with van der Waals surface area (Å²) in [6.07, 6.45) is 4.72. The Kier molecular flexibility index (Phi) is 3.66. The van der Waals surface area contributed by atoms with Crippen LogP contribution >= 0.6 is 23.2 Å². The van der Waals surface area contributed by atoms with Gasteiger partial charge in [0.1, 0.15) is 5.15 Å². The lowest BCUT2D eigenvalue weighted by molar-refractivity contribution is 0.0724. The van der Waals surface area contributed by atoms with Crippen LogP contribution in [0.15, 0.2) is 12.3 Å².